The van der Waals surface area contributed by atoms with Crippen LogP contribution < -0.4 is 10.5 Å². The van der Waals surface area contributed by atoms with E-state index in [9.17, 15) is 9.18 Å². The lowest BCUT2D eigenvalue weighted by atomic mass is 10.1. The molecule has 0 unspecified atom stereocenters. The van der Waals surface area contributed by atoms with Crippen molar-refractivity contribution < 1.29 is 8.91 Å². The van der Waals surface area contributed by atoms with Gasteiger partial charge in [-0.05, 0) is 43.3 Å². The van der Waals surface area contributed by atoms with E-state index in [1.807, 2.05) is 37.3 Å². The topological polar surface area (TPSA) is 67.4 Å². The van der Waals surface area contributed by atoms with Crippen molar-refractivity contribution in [3.63, 3.8) is 0 Å². The highest BCUT2D eigenvalue weighted by atomic mass is 35.5. The number of nitrogens with zero attached hydrogens (tertiary/aromatic N) is 5. The molecule has 34 heavy (non-hydrogen) atoms. The van der Waals surface area contributed by atoms with Gasteiger partial charge in [-0.2, -0.15) is 9.78 Å². The van der Waals surface area contributed by atoms with Gasteiger partial charge in [0, 0.05) is 43.9 Å². The summed E-state index contributed by atoms with van der Waals surface area (Å²) in [6, 6.07) is 15.4. The van der Waals surface area contributed by atoms with Crippen LogP contribution in [0.25, 0.3) is 17.0 Å². The third-order valence-corrected chi connectivity index (χ3v) is 6.47. The molecule has 9 heteroatoms. The molecule has 0 bridgehead atoms. The standard InChI is InChI=1S/C25H23ClFN5O2/c1-17-21(29-34-24(17)18-7-9-19(27)10-8-18)16-30-11-13-31(14-12-30)22-15-28-32(25(33)23(22)26)20-5-3-2-4-6-20/h2-10,15H,11-14,16H2,1H3. The molecule has 5 rings (SSSR count). The summed E-state index contributed by atoms with van der Waals surface area (Å²) in [5, 5.41) is 8.76. The van der Waals surface area contributed by atoms with Gasteiger partial charge in [0.2, 0.25) is 0 Å². The van der Waals surface area contributed by atoms with Gasteiger partial charge in [0.1, 0.15) is 16.5 Å². The average molecular weight is 480 g/mol. The summed E-state index contributed by atoms with van der Waals surface area (Å²) < 4.78 is 20.1. The Morgan fingerprint density at radius 1 is 1.03 bits per heavy atom. The van der Waals surface area contributed by atoms with Crippen molar-refractivity contribution >= 4 is 17.3 Å². The minimum Gasteiger partial charge on any atom is -0.366 e. The number of hydrogen-bond donors (Lipinski definition) is 0. The largest absolute Gasteiger partial charge is 0.366 e. The van der Waals surface area contributed by atoms with Crippen molar-refractivity contribution in [2.24, 2.45) is 0 Å². The van der Waals surface area contributed by atoms with Crippen LogP contribution in [-0.2, 0) is 6.54 Å². The van der Waals surface area contributed by atoms with Gasteiger partial charge in [-0.1, -0.05) is 35.0 Å². The van der Waals surface area contributed by atoms with Gasteiger partial charge in [0.25, 0.3) is 5.56 Å². The molecule has 0 N–H and O–H groups in total. The smallest absolute Gasteiger partial charge is 0.292 e. The minimum atomic E-state index is -0.334. The first-order valence-electron chi connectivity index (χ1n) is 11.0. The molecule has 1 aliphatic heterocycles. The van der Waals surface area contributed by atoms with Crippen molar-refractivity contribution in [2.45, 2.75) is 13.5 Å². The number of piperazine rings is 1. The Morgan fingerprint density at radius 3 is 2.44 bits per heavy atom. The number of anilines is 1. The number of para-hydroxylation sites is 1. The molecule has 1 aliphatic rings. The van der Waals surface area contributed by atoms with Crippen molar-refractivity contribution in [3.05, 3.63) is 93.2 Å². The van der Waals surface area contributed by atoms with Crippen molar-refractivity contribution in [3.8, 4) is 17.0 Å². The fourth-order valence-corrected chi connectivity index (χ4v) is 4.39. The third kappa shape index (κ3) is 4.34. The molecule has 0 radical (unpaired) electrons. The predicted molar refractivity (Wildman–Crippen MR) is 129 cm³/mol. The highest BCUT2D eigenvalue weighted by Gasteiger charge is 2.23. The van der Waals surface area contributed by atoms with E-state index in [2.05, 4.69) is 20.1 Å². The molecule has 0 saturated carbocycles. The van der Waals surface area contributed by atoms with Crippen LogP contribution in [0.15, 0.2) is 70.1 Å². The second-order valence-corrected chi connectivity index (χ2v) is 8.63. The predicted octanol–water partition coefficient (Wildman–Crippen LogP) is 4.31. The molecular formula is C25H23ClFN5O2. The zero-order chi connectivity index (χ0) is 23.7. The summed E-state index contributed by atoms with van der Waals surface area (Å²) in [5.41, 5.74) is 3.60. The van der Waals surface area contributed by atoms with E-state index in [0.29, 0.717) is 36.8 Å². The van der Waals surface area contributed by atoms with Crippen molar-refractivity contribution in [1.29, 1.82) is 0 Å². The van der Waals surface area contributed by atoms with Gasteiger partial charge in [-0.15, -0.1) is 0 Å². The summed E-state index contributed by atoms with van der Waals surface area (Å²) >= 11 is 6.46. The minimum absolute atomic E-state index is 0.170. The number of halogens is 2. The Hall–Kier alpha value is -3.49. The molecule has 0 aliphatic carbocycles. The summed E-state index contributed by atoms with van der Waals surface area (Å²) in [5.74, 6) is 0.372. The second kappa shape index (κ2) is 9.40. The molecule has 0 spiro atoms. The molecule has 7 nitrogen and oxygen atoms in total. The summed E-state index contributed by atoms with van der Waals surface area (Å²) in [4.78, 5) is 17.2. The molecule has 174 valence electrons. The van der Waals surface area contributed by atoms with Crippen LogP contribution in [0.3, 0.4) is 0 Å². The third-order valence-electron chi connectivity index (χ3n) is 6.11. The molecule has 2 aromatic heterocycles. The van der Waals surface area contributed by atoms with Gasteiger partial charge in [-0.3, -0.25) is 9.69 Å². The second-order valence-electron chi connectivity index (χ2n) is 8.25. The summed E-state index contributed by atoms with van der Waals surface area (Å²) in [6.07, 6.45) is 1.66. The molecular weight excluding hydrogens is 457 g/mol. The highest BCUT2D eigenvalue weighted by Crippen LogP contribution is 2.28. The van der Waals surface area contributed by atoms with Gasteiger partial charge < -0.3 is 9.42 Å². The fraction of sp³-hybridized carbons (Fsp3) is 0.240. The van der Waals surface area contributed by atoms with E-state index in [-0.39, 0.29) is 16.4 Å². The van der Waals surface area contributed by atoms with Crippen LogP contribution in [0.2, 0.25) is 5.02 Å². The van der Waals surface area contributed by atoms with E-state index in [4.69, 9.17) is 16.1 Å². The maximum Gasteiger partial charge on any atom is 0.292 e. The highest BCUT2D eigenvalue weighted by molar-refractivity contribution is 6.33. The Morgan fingerprint density at radius 2 is 1.74 bits per heavy atom. The quantitative estimate of drug-likeness (QED) is 0.425. The summed E-state index contributed by atoms with van der Waals surface area (Å²) in [7, 11) is 0. The Kier molecular flexibility index (Phi) is 6.17. The fourth-order valence-electron chi connectivity index (χ4n) is 4.14. The molecule has 3 heterocycles. The van der Waals surface area contributed by atoms with Crippen LogP contribution in [0.1, 0.15) is 11.3 Å². The summed E-state index contributed by atoms with van der Waals surface area (Å²) in [6.45, 7) is 5.57. The maximum atomic E-state index is 13.2. The normalized spacial score (nSPS) is 14.5. The van der Waals surface area contributed by atoms with Crippen LogP contribution in [0.5, 0.6) is 0 Å². The van der Waals surface area contributed by atoms with Gasteiger partial charge >= 0.3 is 0 Å². The monoisotopic (exact) mass is 479 g/mol. The zero-order valence-electron chi connectivity index (χ0n) is 18.6. The Labute approximate surface area is 201 Å². The van der Waals surface area contributed by atoms with Gasteiger partial charge in [0.15, 0.2) is 5.76 Å². The Bertz CT molecular complexity index is 1350. The SMILES string of the molecule is Cc1c(CN2CCN(c3cnn(-c4ccccc4)c(=O)c3Cl)CC2)noc1-c1ccc(F)cc1. The first-order valence-corrected chi connectivity index (χ1v) is 11.4. The van der Waals surface area contributed by atoms with Crippen LogP contribution in [0.4, 0.5) is 10.1 Å². The van der Waals surface area contributed by atoms with E-state index >= 15 is 0 Å². The van der Waals surface area contributed by atoms with Crippen molar-refractivity contribution in [2.75, 3.05) is 31.1 Å². The molecule has 0 atom stereocenters. The number of aromatic nitrogens is 3. The first kappa shape index (κ1) is 22.3. The number of hydrogen-bond acceptors (Lipinski definition) is 6. The molecule has 2 aromatic carbocycles. The average Bonchev–Trinajstić information content (AvgIpc) is 3.22. The van der Waals surface area contributed by atoms with E-state index in [0.717, 1.165) is 29.9 Å². The lowest BCUT2D eigenvalue weighted by Gasteiger charge is -2.35. The first-order chi connectivity index (χ1) is 16.5. The molecule has 0 amide bonds. The van der Waals surface area contributed by atoms with Crippen LogP contribution >= 0.6 is 11.6 Å². The lowest BCUT2D eigenvalue weighted by Crippen LogP contribution is -2.46. The number of benzene rings is 2. The molecule has 4 aromatic rings. The van der Waals surface area contributed by atoms with E-state index < -0.39 is 0 Å². The molecule has 1 fully saturated rings. The van der Waals surface area contributed by atoms with Gasteiger partial charge in [-0.25, -0.2) is 4.39 Å². The lowest BCUT2D eigenvalue weighted by molar-refractivity contribution is 0.242. The van der Waals surface area contributed by atoms with Crippen LogP contribution in [0, 0.1) is 12.7 Å². The van der Waals surface area contributed by atoms with Crippen LogP contribution in [-0.4, -0.2) is 46.0 Å². The van der Waals surface area contributed by atoms with Gasteiger partial charge in [0.05, 0.1) is 17.6 Å². The Balaban J connectivity index is 1.26. The zero-order valence-corrected chi connectivity index (χ0v) is 19.4. The van der Waals surface area contributed by atoms with E-state index in [1.165, 1.54) is 16.8 Å². The molecule has 1 saturated heterocycles. The van der Waals surface area contributed by atoms with Crippen molar-refractivity contribution in [1.82, 2.24) is 19.8 Å². The number of rotatable bonds is 5. The maximum absolute atomic E-state index is 13.2. The van der Waals surface area contributed by atoms with E-state index in [1.54, 1.807) is 18.3 Å².